The Bertz CT molecular complexity index is 225. The second-order valence-corrected chi connectivity index (χ2v) is 6.30. The topological polar surface area (TPSA) is 40.5 Å². The highest BCUT2D eigenvalue weighted by molar-refractivity contribution is 4.87. The first-order chi connectivity index (χ1) is 8.12. The van der Waals surface area contributed by atoms with Gasteiger partial charge in [-0.3, -0.25) is 0 Å². The summed E-state index contributed by atoms with van der Waals surface area (Å²) >= 11 is 0. The van der Waals surface area contributed by atoms with Crippen molar-refractivity contribution in [2.24, 2.45) is 17.8 Å². The van der Waals surface area contributed by atoms with Gasteiger partial charge in [-0.2, -0.15) is 0 Å². The van der Waals surface area contributed by atoms with E-state index in [0.717, 1.165) is 12.8 Å². The van der Waals surface area contributed by atoms with Gasteiger partial charge in [0, 0.05) is 11.8 Å². The van der Waals surface area contributed by atoms with E-state index in [2.05, 4.69) is 6.92 Å². The zero-order valence-corrected chi connectivity index (χ0v) is 11.2. The zero-order valence-electron chi connectivity index (χ0n) is 11.2. The number of hydrogen-bond donors (Lipinski definition) is 2. The van der Waals surface area contributed by atoms with Gasteiger partial charge in [0.1, 0.15) is 0 Å². The first-order valence-corrected chi connectivity index (χ1v) is 7.57. The van der Waals surface area contributed by atoms with Crippen molar-refractivity contribution in [1.82, 2.24) is 0 Å². The van der Waals surface area contributed by atoms with Crippen molar-refractivity contribution < 1.29 is 10.2 Å². The number of aliphatic hydroxyl groups is 2. The van der Waals surface area contributed by atoms with Crippen LogP contribution in [0, 0.1) is 17.8 Å². The van der Waals surface area contributed by atoms with Gasteiger partial charge in [0.25, 0.3) is 0 Å². The molecule has 2 N–H and O–H groups in total. The van der Waals surface area contributed by atoms with E-state index < -0.39 is 5.79 Å². The zero-order chi connectivity index (χ0) is 12.3. The molecule has 1 atom stereocenters. The molecule has 0 aromatic carbocycles. The average molecular weight is 240 g/mol. The highest BCUT2D eigenvalue weighted by Crippen LogP contribution is 2.41. The molecule has 2 heteroatoms. The fraction of sp³-hybridized carbons (Fsp3) is 1.00. The van der Waals surface area contributed by atoms with Gasteiger partial charge in [-0.1, -0.05) is 45.4 Å². The van der Waals surface area contributed by atoms with Crippen LogP contribution >= 0.6 is 0 Å². The quantitative estimate of drug-likeness (QED) is 0.742. The summed E-state index contributed by atoms with van der Waals surface area (Å²) in [7, 11) is 0. The van der Waals surface area contributed by atoms with Crippen LogP contribution in [0.1, 0.15) is 71.1 Å². The molecule has 0 heterocycles. The summed E-state index contributed by atoms with van der Waals surface area (Å²) in [4.78, 5) is 0. The predicted molar refractivity (Wildman–Crippen MR) is 69.5 cm³/mol. The summed E-state index contributed by atoms with van der Waals surface area (Å²) in [5, 5.41) is 21.0. The first-order valence-electron chi connectivity index (χ1n) is 7.57. The maximum absolute atomic E-state index is 10.5. The highest BCUT2D eigenvalue weighted by atomic mass is 16.5. The molecule has 0 spiro atoms. The van der Waals surface area contributed by atoms with Crippen LogP contribution < -0.4 is 0 Å². The smallest absolute Gasteiger partial charge is 0.168 e. The van der Waals surface area contributed by atoms with Crippen molar-refractivity contribution in [2.75, 3.05) is 0 Å². The van der Waals surface area contributed by atoms with Gasteiger partial charge in [-0.25, -0.2) is 0 Å². The van der Waals surface area contributed by atoms with Crippen LogP contribution in [0.3, 0.4) is 0 Å². The minimum absolute atomic E-state index is 0.0471. The third-order valence-electron chi connectivity index (χ3n) is 5.23. The molecular formula is C15H28O2. The maximum Gasteiger partial charge on any atom is 0.168 e. The summed E-state index contributed by atoms with van der Waals surface area (Å²) in [5.41, 5.74) is 0. The molecule has 0 bridgehead atoms. The molecule has 0 amide bonds. The monoisotopic (exact) mass is 240 g/mol. The summed E-state index contributed by atoms with van der Waals surface area (Å²) < 4.78 is 0. The summed E-state index contributed by atoms with van der Waals surface area (Å²) in [6.07, 6.45) is 11.9. The Morgan fingerprint density at radius 1 is 0.824 bits per heavy atom. The Labute approximate surface area is 105 Å². The lowest BCUT2D eigenvalue weighted by atomic mass is 9.70. The highest BCUT2D eigenvalue weighted by Gasteiger charge is 2.43. The fourth-order valence-electron chi connectivity index (χ4n) is 3.88. The minimum Gasteiger partial charge on any atom is -0.365 e. The molecule has 0 radical (unpaired) electrons. The Morgan fingerprint density at radius 3 is 1.82 bits per heavy atom. The molecule has 0 aromatic rings. The van der Waals surface area contributed by atoms with E-state index in [4.69, 9.17) is 0 Å². The van der Waals surface area contributed by atoms with Crippen LogP contribution in [0.5, 0.6) is 0 Å². The molecule has 2 fully saturated rings. The van der Waals surface area contributed by atoms with Crippen molar-refractivity contribution in [3.05, 3.63) is 0 Å². The normalized spacial score (nSPS) is 27.0. The SMILES string of the molecule is CC(C1CCCCC1)C(O)(O)C1CCCCC1. The van der Waals surface area contributed by atoms with Crippen molar-refractivity contribution in [3.63, 3.8) is 0 Å². The Hall–Kier alpha value is -0.0800. The molecule has 0 aromatic heterocycles. The second kappa shape index (κ2) is 5.71. The van der Waals surface area contributed by atoms with Crippen LogP contribution in [-0.4, -0.2) is 16.0 Å². The second-order valence-electron chi connectivity index (χ2n) is 6.30. The average Bonchev–Trinajstić information content (AvgIpc) is 2.40. The van der Waals surface area contributed by atoms with E-state index in [1.807, 2.05) is 0 Å². The van der Waals surface area contributed by atoms with E-state index in [1.165, 1.54) is 51.4 Å². The lowest BCUT2D eigenvalue weighted by Crippen LogP contribution is -2.47. The molecule has 100 valence electrons. The molecule has 0 saturated heterocycles. The van der Waals surface area contributed by atoms with Crippen molar-refractivity contribution >= 4 is 0 Å². The molecule has 1 unspecified atom stereocenters. The maximum atomic E-state index is 10.5. The summed E-state index contributed by atoms with van der Waals surface area (Å²) in [6.45, 7) is 2.06. The van der Waals surface area contributed by atoms with Crippen molar-refractivity contribution in [2.45, 2.75) is 76.9 Å². The third-order valence-corrected chi connectivity index (χ3v) is 5.23. The van der Waals surface area contributed by atoms with Crippen LogP contribution in [0.25, 0.3) is 0 Å². The largest absolute Gasteiger partial charge is 0.365 e. The van der Waals surface area contributed by atoms with Gasteiger partial charge in [0.2, 0.25) is 0 Å². The van der Waals surface area contributed by atoms with E-state index in [0.29, 0.717) is 5.92 Å². The van der Waals surface area contributed by atoms with Gasteiger partial charge in [-0.05, 0) is 31.6 Å². The molecular weight excluding hydrogens is 212 g/mol. The van der Waals surface area contributed by atoms with Crippen LogP contribution in [-0.2, 0) is 0 Å². The van der Waals surface area contributed by atoms with Gasteiger partial charge in [0.15, 0.2) is 5.79 Å². The molecule has 2 aliphatic carbocycles. The minimum atomic E-state index is -1.41. The Morgan fingerprint density at radius 2 is 1.29 bits per heavy atom. The summed E-state index contributed by atoms with van der Waals surface area (Å²) in [6, 6.07) is 0. The van der Waals surface area contributed by atoms with E-state index in [-0.39, 0.29) is 11.8 Å². The van der Waals surface area contributed by atoms with Crippen LogP contribution in [0.2, 0.25) is 0 Å². The molecule has 2 rings (SSSR count). The van der Waals surface area contributed by atoms with E-state index in [1.54, 1.807) is 0 Å². The van der Waals surface area contributed by atoms with Crippen molar-refractivity contribution in [3.8, 4) is 0 Å². The summed E-state index contributed by atoms with van der Waals surface area (Å²) in [5.74, 6) is -0.720. The Kier molecular flexibility index (Phi) is 4.48. The van der Waals surface area contributed by atoms with Crippen LogP contribution in [0.15, 0.2) is 0 Å². The predicted octanol–water partition coefficient (Wildman–Crippen LogP) is 3.46. The lowest BCUT2D eigenvalue weighted by Gasteiger charge is -2.42. The number of rotatable bonds is 3. The molecule has 0 aliphatic heterocycles. The van der Waals surface area contributed by atoms with Crippen molar-refractivity contribution in [1.29, 1.82) is 0 Å². The fourth-order valence-corrected chi connectivity index (χ4v) is 3.88. The third kappa shape index (κ3) is 3.03. The molecule has 17 heavy (non-hydrogen) atoms. The van der Waals surface area contributed by atoms with E-state index in [9.17, 15) is 10.2 Å². The molecule has 2 saturated carbocycles. The van der Waals surface area contributed by atoms with E-state index >= 15 is 0 Å². The number of hydrogen-bond acceptors (Lipinski definition) is 2. The van der Waals surface area contributed by atoms with Gasteiger partial charge in [0.05, 0.1) is 0 Å². The first kappa shape index (κ1) is 13.4. The molecule has 2 nitrogen and oxygen atoms in total. The van der Waals surface area contributed by atoms with Gasteiger partial charge in [-0.15, -0.1) is 0 Å². The standard InChI is InChI=1S/C15H28O2/c1-12(13-8-4-2-5-9-13)15(16,17)14-10-6-3-7-11-14/h12-14,16-17H,2-11H2,1H3. The van der Waals surface area contributed by atoms with Gasteiger partial charge < -0.3 is 10.2 Å². The van der Waals surface area contributed by atoms with Crippen LogP contribution in [0.4, 0.5) is 0 Å². The molecule has 2 aliphatic rings. The lowest BCUT2D eigenvalue weighted by molar-refractivity contribution is -0.250. The van der Waals surface area contributed by atoms with Gasteiger partial charge >= 0.3 is 0 Å². The Balaban J connectivity index is 1.96.